The number of aryl methyl sites for hydroxylation is 1. The van der Waals surface area contributed by atoms with E-state index >= 15 is 0 Å². The second-order valence-corrected chi connectivity index (χ2v) is 3.95. The van der Waals surface area contributed by atoms with Crippen LogP contribution in [-0.2, 0) is 6.42 Å². The summed E-state index contributed by atoms with van der Waals surface area (Å²) in [6.07, 6.45) is 3.89. The molecule has 0 aliphatic rings. The molecule has 0 radical (unpaired) electrons. The summed E-state index contributed by atoms with van der Waals surface area (Å²) >= 11 is 0. The Morgan fingerprint density at radius 3 is 2.80 bits per heavy atom. The Bertz CT molecular complexity index is 307. The summed E-state index contributed by atoms with van der Waals surface area (Å²) in [5.41, 5.74) is 0.703. The number of unbranched alkanes of at least 4 members (excludes halogenated alkanes) is 2. The van der Waals surface area contributed by atoms with Gasteiger partial charge in [0.1, 0.15) is 11.6 Å². The molecule has 1 atom stereocenters. The molecule has 1 rings (SSSR count). The number of phenols is 1. The first-order chi connectivity index (χ1) is 7.24. The molecule has 0 heterocycles. The SMILES string of the molecule is Oc1ccc(F)cc1CCCCCNP. The molecular formula is C11H17FNOP. The second-order valence-electron chi connectivity index (χ2n) is 3.54. The first-order valence-corrected chi connectivity index (χ1v) is 5.72. The van der Waals surface area contributed by atoms with Crippen molar-refractivity contribution in [3.63, 3.8) is 0 Å². The van der Waals surface area contributed by atoms with Gasteiger partial charge >= 0.3 is 0 Å². The molecule has 0 aliphatic carbocycles. The molecule has 0 saturated carbocycles. The molecular weight excluding hydrogens is 212 g/mol. The molecule has 1 unspecified atom stereocenters. The van der Waals surface area contributed by atoms with E-state index < -0.39 is 0 Å². The van der Waals surface area contributed by atoms with E-state index in [1.807, 2.05) is 0 Å². The van der Waals surface area contributed by atoms with Crippen LogP contribution in [0.2, 0.25) is 0 Å². The molecule has 0 aromatic heterocycles. The third-order valence-corrected chi connectivity index (χ3v) is 2.60. The van der Waals surface area contributed by atoms with E-state index in [2.05, 4.69) is 14.5 Å². The first-order valence-electron chi connectivity index (χ1n) is 5.15. The number of benzene rings is 1. The summed E-state index contributed by atoms with van der Waals surface area (Å²) in [6, 6.07) is 4.09. The highest BCUT2D eigenvalue weighted by atomic mass is 31.0. The van der Waals surface area contributed by atoms with E-state index in [-0.39, 0.29) is 11.6 Å². The third kappa shape index (κ3) is 4.59. The molecule has 0 spiro atoms. The lowest BCUT2D eigenvalue weighted by Crippen LogP contribution is -1.99. The zero-order valence-electron chi connectivity index (χ0n) is 8.67. The predicted molar refractivity (Wildman–Crippen MR) is 63.3 cm³/mol. The van der Waals surface area contributed by atoms with Gasteiger partial charge in [0.05, 0.1) is 0 Å². The molecule has 2 nitrogen and oxygen atoms in total. The highest BCUT2D eigenvalue weighted by Crippen LogP contribution is 2.20. The summed E-state index contributed by atoms with van der Waals surface area (Å²) in [5, 5.41) is 12.4. The maximum Gasteiger partial charge on any atom is 0.123 e. The lowest BCUT2D eigenvalue weighted by atomic mass is 10.1. The summed E-state index contributed by atoms with van der Waals surface area (Å²) in [6.45, 7) is 0.972. The molecule has 0 amide bonds. The lowest BCUT2D eigenvalue weighted by molar-refractivity contribution is 0.463. The largest absolute Gasteiger partial charge is 0.508 e. The minimum absolute atomic E-state index is 0.195. The second kappa shape index (κ2) is 6.76. The van der Waals surface area contributed by atoms with Gasteiger partial charge in [0.15, 0.2) is 0 Å². The number of hydrogen-bond donors (Lipinski definition) is 2. The molecule has 1 aromatic rings. The molecule has 1 aromatic carbocycles. The van der Waals surface area contributed by atoms with E-state index in [1.54, 1.807) is 0 Å². The quantitative estimate of drug-likeness (QED) is 0.580. The summed E-state index contributed by atoms with van der Waals surface area (Å²) in [5.74, 6) is -0.0880. The van der Waals surface area contributed by atoms with Gasteiger partial charge in [-0.2, -0.15) is 0 Å². The first kappa shape index (κ1) is 12.4. The number of aromatic hydroxyl groups is 1. The van der Waals surface area contributed by atoms with E-state index in [0.717, 1.165) is 32.2 Å². The van der Waals surface area contributed by atoms with Gasteiger partial charge in [-0.15, -0.1) is 0 Å². The third-order valence-electron chi connectivity index (χ3n) is 2.31. The highest BCUT2D eigenvalue weighted by Gasteiger charge is 2.02. The van der Waals surface area contributed by atoms with E-state index in [9.17, 15) is 9.50 Å². The van der Waals surface area contributed by atoms with Crippen LogP contribution in [0.15, 0.2) is 18.2 Å². The molecule has 0 saturated heterocycles. The Balaban J connectivity index is 2.33. The van der Waals surface area contributed by atoms with Gasteiger partial charge in [-0.05, 0) is 49.6 Å². The van der Waals surface area contributed by atoms with E-state index in [0.29, 0.717) is 5.56 Å². The Kier molecular flexibility index (Phi) is 5.59. The monoisotopic (exact) mass is 229 g/mol. The number of rotatable bonds is 6. The standard InChI is InChI=1S/C11H17FNOP/c12-10-5-6-11(14)9(8-10)4-2-1-3-7-13-15/h5-6,8,13-14H,1-4,7,15H2. The fourth-order valence-electron chi connectivity index (χ4n) is 1.47. The molecule has 2 N–H and O–H groups in total. The zero-order valence-corrected chi connectivity index (χ0v) is 9.82. The van der Waals surface area contributed by atoms with E-state index in [4.69, 9.17) is 0 Å². The lowest BCUT2D eigenvalue weighted by Gasteiger charge is -2.04. The Hall–Kier alpha value is -0.660. The zero-order chi connectivity index (χ0) is 11.1. The highest BCUT2D eigenvalue weighted by molar-refractivity contribution is 7.13. The van der Waals surface area contributed by atoms with Crippen molar-refractivity contribution in [2.45, 2.75) is 25.7 Å². The minimum Gasteiger partial charge on any atom is -0.508 e. The Labute approximate surface area is 92.2 Å². The Morgan fingerprint density at radius 1 is 1.27 bits per heavy atom. The molecule has 0 fully saturated rings. The van der Waals surface area contributed by atoms with Crippen LogP contribution in [0.4, 0.5) is 4.39 Å². The summed E-state index contributed by atoms with van der Waals surface area (Å²) in [4.78, 5) is 0. The number of hydrogen-bond acceptors (Lipinski definition) is 2. The van der Waals surface area contributed by atoms with Gasteiger partial charge in [-0.3, -0.25) is 0 Å². The van der Waals surface area contributed by atoms with Gasteiger partial charge in [0.25, 0.3) is 0 Å². The molecule has 15 heavy (non-hydrogen) atoms. The van der Waals surface area contributed by atoms with Crippen molar-refractivity contribution in [2.75, 3.05) is 6.54 Å². The van der Waals surface area contributed by atoms with Gasteiger partial charge in [-0.1, -0.05) is 15.8 Å². The Morgan fingerprint density at radius 2 is 2.07 bits per heavy atom. The van der Waals surface area contributed by atoms with Crippen LogP contribution in [0.5, 0.6) is 5.75 Å². The van der Waals surface area contributed by atoms with Crippen LogP contribution in [0, 0.1) is 5.82 Å². The smallest absolute Gasteiger partial charge is 0.123 e. The minimum atomic E-state index is -0.283. The average Bonchev–Trinajstić information content (AvgIpc) is 2.23. The molecule has 84 valence electrons. The van der Waals surface area contributed by atoms with Crippen molar-refractivity contribution < 1.29 is 9.50 Å². The van der Waals surface area contributed by atoms with Crippen molar-refractivity contribution >= 4 is 9.39 Å². The van der Waals surface area contributed by atoms with Crippen molar-refractivity contribution in [3.8, 4) is 5.75 Å². The number of phenolic OH excluding ortho intramolecular Hbond substituents is 1. The van der Waals surface area contributed by atoms with Crippen LogP contribution in [0.25, 0.3) is 0 Å². The molecule has 0 bridgehead atoms. The van der Waals surface area contributed by atoms with Crippen LogP contribution in [0.1, 0.15) is 24.8 Å². The molecule has 0 aliphatic heterocycles. The van der Waals surface area contributed by atoms with Gasteiger partial charge in [0.2, 0.25) is 0 Å². The van der Waals surface area contributed by atoms with E-state index in [1.165, 1.54) is 18.2 Å². The van der Waals surface area contributed by atoms with Crippen LogP contribution in [0.3, 0.4) is 0 Å². The summed E-state index contributed by atoms with van der Waals surface area (Å²) in [7, 11) is 2.46. The number of halogens is 1. The maximum absolute atomic E-state index is 12.9. The van der Waals surface area contributed by atoms with Crippen molar-refractivity contribution in [1.82, 2.24) is 5.09 Å². The topological polar surface area (TPSA) is 32.3 Å². The van der Waals surface area contributed by atoms with Crippen LogP contribution in [-0.4, -0.2) is 11.7 Å². The molecule has 4 heteroatoms. The van der Waals surface area contributed by atoms with Gasteiger partial charge < -0.3 is 10.2 Å². The van der Waals surface area contributed by atoms with Gasteiger partial charge in [-0.25, -0.2) is 4.39 Å². The normalized spacial score (nSPS) is 10.5. The van der Waals surface area contributed by atoms with Crippen molar-refractivity contribution in [3.05, 3.63) is 29.6 Å². The van der Waals surface area contributed by atoms with Crippen molar-refractivity contribution in [1.29, 1.82) is 0 Å². The van der Waals surface area contributed by atoms with Crippen molar-refractivity contribution in [2.24, 2.45) is 0 Å². The summed E-state index contributed by atoms with van der Waals surface area (Å²) < 4.78 is 12.9. The van der Waals surface area contributed by atoms with Gasteiger partial charge in [0, 0.05) is 0 Å². The van der Waals surface area contributed by atoms with Crippen LogP contribution >= 0.6 is 9.39 Å². The number of nitrogens with one attached hydrogen (secondary N) is 1. The van der Waals surface area contributed by atoms with Crippen LogP contribution < -0.4 is 5.09 Å². The fourth-order valence-corrected chi connectivity index (χ4v) is 1.68. The maximum atomic E-state index is 12.9. The fraction of sp³-hybridized carbons (Fsp3) is 0.455. The average molecular weight is 229 g/mol. The predicted octanol–water partition coefficient (Wildman–Crippen LogP) is 2.62.